The third kappa shape index (κ3) is 3.95. The van der Waals surface area contributed by atoms with E-state index in [0.717, 1.165) is 12.1 Å². The first kappa shape index (κ1) is 17.6. The van der Waals surface area contributed by atoms with Crippen molar-refractivity contribution in [3.05, 3.63) is 52.4 Å². The molecule has 0 fully saturated rings. The Bertz CT molecular complexity index is 754. The maximum absolute atomic E-state index is 13.3. The first-order valence-corrected chi connectivity index (χ1v) is 7.17. The number of carbonyl (C=O) groups is 2. The number of hydrogen-bond donors (Lipinski definition) is 1. The van der Waals surface area contributed by atoms with E-state index in [1.165, 1.54) is 11.0 Å². The van der Waals surface area contributed by atoms with Gasteiger partial charge in [-0.25, -0.2) is 8.78 Å². The molecule has 0 saturated heterocycles. The van der Waals surface area contributed by atoms with E-state index in [2.05, 4.69) is 5.16 Å². The smallest absolute Gasteiger partial charge is 0.305 e. The normalized spacial score (nSPS) is 10.7. The van der Waals surface area contributed by atoms with Crippen molar-refractivity contribution < 1.29 is 28.0 Å². The largest absolute Gasteiger partial charge is 0.481 e. The van der Waals surface area contributed by atoms with Crippen LogP contribution < -0.4 is 0 Å². The van der Waals surface area contributed by atoms with Crippen LogP contribution in [0.1, 0.15) is 33.8 Å². The van der Waals surface area contributed by atoms with E-state index in [0.29, 0.717) is 17.0 Å². The number of nitrogens with zero attached hydrogens (tertiary/aromatic N) is 2. The molecule has 6 nitrogen and oxygen atoms in total. The lowest BCUT2D eigenvalue weighted by Gasteiger charge is -2.22. The highest BCUT2D eigenvalue weighted by Gasteiger charge is 2.24. The second-order valence-corrected chi connectivity index (χ2v) is 5.32. The minimum atomic E-state index is -1.07. The van der Waals surface area contributed by atoms with Crippen LogP contribution in [0.15, 0.2) is 22.7 Å². The Morgan fingerprint density at radius 2 is 1.96 bits per heavy atom. The Hall–Kier alpha value is -2.77. The highest BCUT2D eigenvalue weighted by Crippen LogP contribution is 2.18. The molecule has 1 heterocycles. The van der Waals surface area contributed by atoms with E-state index in [4.69, 9.17) is 9.63 Å². The second kappa shape index (κ2) is 7.20. The highest BCUT2D eigenvalue weighted by atomic mass is 19.2. The summed E-state index contributed by atoms with van der Waals surface area (Å²) in [7, 11) is 0. The van der Waals surface area contributed by atoms with Crippen molar-refractivity contribution >= 4 is 11.9 Å². The van der Waals surface area contributed by atoms with Crippen molar-refractivity contribution in [2.45, 2.75) is 26.8 Å². The number of amides is 1. The van der Waals surface area contributed by atoms with Crippen molar-refractivity contribution in [2.24, 2.45) is 0 Å². The number of benzene rings is 1. The Balaban J connectivity index is 2.28. The molecule has 0 aliphatic rings. The van der Waals surface area contributed by atoms with Gasteiger partial charge in [-0.3, -0.25) is 9.59 Å². The Kier molecular flexibility index (Phi) is 5.28. The maximum atomic E-state index is 13.3. The number of aromatic nitrogens is 1. The average molecular weight is 338 g/mol. The number of halogens is 2. The minimum absolute atomic E-state index is 0.0621. The lowest BCUT2D eigenvalue weighted by atomic mass is 10.1. The summed E-state index contributed by atoms with van der Waals surface area (Å²) in [4.78, 5) is 24.7. The molecule has 128 valence electrons. The van der Waals surface area contributed by atoms with Crippen LogP contribution >= 0.6 is 0 Å². The first-order valence-electron chi connectivity index (χ1n) is 7.17. The molecule has 1 aromatic carbocycles. The van der Waals surface area contributed by atoms with Crippen LogP contribution in [0, 0.1) is 25.5 Å². The summed E-state index contributed by atoms with van der Waals surface area (Å²) in [5, 5.41) is 12.6. The molecule has 1 aromatic heterocycles. The lowest BCUT2D eigenvalue weighted by molar-refractivity contribution is -0.137. The van der Waals surface area contributed by atoms with Crippen LogP contribution in [0.2, 0.25) is 0 Å². The summed E-state index contributed by atoms with van der Waals surface area (Å²) in [6, 6.07) is 3.27. The van der Waals surface area contributed by atoms with Crippen LogP contribution in [-0.2, 0) is 11.3 Å². The van der Waals surface area contributed by atoms with Crippen LogP contribution in [0.3, 0.4) is 0 Å². The summed E-state index contributed by atoms with van der Waals surface area (Å²) in [6.07, 6.45) is -0.279. The summed E-state index contributed by atoms with van der Waals surface area (Å²) in [5.41, 5.74) is 0.963. The number of hydrogen-bond acceptors (Lipinski definition) is 4. The third-order valence-electron chi connectivity index (χ3n) is 3.49. The van der Waals surface area contributed by atoms with Gasteiger partial charge in [0.25, 0.3) is 5.91 Å². The molecule has 0 atom stereocenters. The molecule has 1 amide bonds. The molecule has 2 rings (SSSR count). The fourth-order valence-electron chi connectivity index (χ4n) is 2.29. The maximum Gasteiger partial charge on any atom is 0.305 e. The highest BCUT2D eigenvalue weighted by molar-refractivity contribution is 5.96. The predicted octanol–water partition coefficient (Wildman–Crippen LogP) is 2.69. The summed E-state index contributed by atoms with van der Waals surface area (Å²) >= 11 is 0. The van der Waals surface area contributed by atoms with Gasteiger partial charge in [0.1, 0.15) is 11.3 Å². The number of rotatable bonds is 6. The van der Waals surface area contributed by atoms with Gasteiger partial charge in [-0.2, -0.15) is 0 Å². The second-order valence-electron chi connectivity index (χ2n) is 5.32. The van der Waals surface area contributed by atoms with Gasteiger partial charge in [-0.15, -0.1) is 0 Å². The summed E-state index contributed by atoms with van der Waals surface area (Å²) in [5.74, 6) is -3.26. The average Bonchev–Trinajstić information content (AvgIpc) is 2.85. The van der Waals surface area contributed by atoms with E-state index in [1.807, 2.05) is 0 Å². The first-order chi connectivity index (χ1) is 11.3. The van der Waals surface area contributed by atoms with E-state index >= 15 is 0 Å². The van der Waals surface area contributed by atoms with Gasteiger partial charge in [-0.1, -0.05) is 11.2 Å². The molecule has 0 spiro atoms. The molecule has 0 radical (unpaired) electrons. The zero-order valence-corrected chi connectivity index (χ0v) is 13.2. The van der Waals surface area contributed by atoms with Crippen molar-refractivity contribution in [1.29, 1.82) is 0 Å². The molecule has 8 heteroatoms. The topological polar surface area (TPSA) is 83.6 Å². The molecular weight excluding hydrogens is 322 g/mol. The van der Waals surface area contributed by atoms with E-state index in [9.17, 15) is 18.4 Å². The number of carboxylic acids is 1. The molecule has 24 heavy (non-hydrogen) atoms. The molecule has 2 aromatic rings. The zero-order valence-electron chi connectivity index (χ0n) is 13.2. The number of aryl methyl sites for hydroxylation is 2. The van der Waals surface area contributed by atoms with Crippen molar-refractivity contribution in [1.82, 2.24) is 10.1 Å². The van der Waals surface area contributed by atoms with Crippen molar-refractivity contribution in [2.75, 3.05) is 6.54 Å². The molecule has 0 unspecified atom stereocenters. The standard InChI is InChI=1S/C16H16F2N2O4/c1-9-15(10(2)24-19-9)16(23)20(6-5-14(21)22)8-11-3-4-12(17)13(18)7-11/h3-4,7H,5-6,8H2,1-2H3,(H,21,22). The quantitative estimate of drug-likeness (QED) is 0.875. The zero-order chi connectivity index (χ0) is 17.9. The summed E-state index contributed by atoms with van der Waals surface area (Å²) < 4.78 is 31.3. The Morgan fingerprint density at radius 3 is 2.50 bits per heavy atom. The van der Waals surface area contributed by atoms with Crippen LogP contribution in [0.25, 0.3) is 0 Å². The van der Waals surface area contributed by atoms with Gasteiger partial charge >= 0.3 is 5.97 Å². The van der Waals surface area contributed by atoms with Crippen LogP contribution in [0.5, 0.6) is 0 Å². The van der Waals surface area contributed by atoms with E-state index < -0.39 is 23.5 Å². The SMILES string of the molecule is Cc1noc(C)c1C(=O)N(CCC(=O)O)Cc1ccc(F)c(F)c1. The monoisotopic (exact) mass is 338 g/mol. The molecule has 0 aliphatic carbocycles. The van der Waals surface area contributed by atoms with E-state index in [1.54, 1.807) is 13.8 Å². The Morgan fingerprint density at radius 1 is 1.25 bits per heavy atom. The number of carbonyl (C=O) groups excluding carboxylic acids is 1. The number of aliphatic carboxylic acids is 1. The lowest BCUT2D eigenvalue weighted by Crippen LogP contribution is -2.33. The van der Waals surface area contributed by atoms with E-state index in [-0.39, 0.29) is 25.1 Å². The molecule has 0 bridgehead atoms. The summed E-state index contributed by atoms with van der Waals surface area (Å²) in [6.45, 7) is 3.02. The minimum Gasteiger partial charge on any atom is -0.481 e. The van der Waals surface area contributed by atoms with Crippen LogP contribution in [-0.4, -0.2) is 33.6 Å². The molecular formula is C16H16F2N2O4. The molecule has 1 N–H and O–H groups in total. The van der Waals surface area contributed by atoms with Crippen molar-refractivity contribution in [3.8, 4) is 0 Å². The fourth-order valence-corrected chi connectivity index (χ4v) is 2.29. The van der Waals surface area contributed by atoms with Gasteiger partial charge in [0.15, 0.2) is 11.6 Å². The van der Waals surface area contributed by atoms with Gasteiger partial charge in [0.05, 0.1) is 12.1 Å². The van der Waals surface area contributed by atoms with Crippen LogP contribution in [0.4, 0.5) is 8.78 Å². The fraction of sp³-hybridized carbons (Fsp3) is 0.312. The number of carboxylic acid groups (broad SMARTS) is 1. The predicted molar refractivity (Wildman–Crippen MR) is 79.3 cm³/mol. The molecule has 0 saturated carbocycles. The molecule has 0 aliphatic heterocycles. The van der Waals surface area contributed by atoms with Gasteiger partial charge in [-0.05, 0) is 31.5 Å². The Labute approximate surface area is 136 Å². The van der Waals surface area contributed by atoms with Gasteiger partial charge in [0.2, 0.25) is 0 Å². The third-order valence-corrected chi connectivity index (χ3v) is 3.49. The van der Waals surface area contributed by atoms with Crippen molar-refractivity contribution in [3.63, 3.8) is 0 Å². The van der Waals surface area contributed by atoms with Gasteiger partial charge < -0.3 is 14.5 Å². The van der Waals surface area contributed by atoms with Gasteiger partial charge in [0, 0.05) is 13.1 Å².